The Morgan fingerprint density at radius 2 is 2.21 bits per heavy atom. The highest BCUT2D eigenvalue weighted by molar-refractivity contribution is 5.46. The molecular weight excluding hydrogens is 239 g/mol. The summed E-state index contributed by atoms with van der Waals surface area (Å²) in [5, 5.41) is 3.49. The molecule has 1 unspecified atom stereocenters. The molecule has 1 atom stereocenters. The molecule has 1 saturated heterocycles. The molecule has 0 amide bonds. The first kappa shape index (κ1) is 14.3. The van der Waals surface area contributed by atoms with Gasteiger partial charge in [-0.25, -0.2) is 4.39 Å². The standard InChI is InChI=1S/C16H25FN2/c1-4-19(15-7-5-6-14(17)10-15)12-16(13(2)3)8-9-18-11-16/h5-7,10,13,18H,4,8-9,11-12H2,1-3H3. The first-order chi connectivity index (χ1) is 9.07. The Bertz CT molecular complexity index is 411. The van der Waals surface area contributed by atoms with Crippen LogP contribution < -0.4 is 10.2 Å². The van der Waals surface area contributed by atoms with E-state index in [-0.39, 0.29) is 5.82 Å². The van der Waals surface area contributed by atoms with E-state index in [2.05, 4.69) is 31.0 Å². The monoisotopic (exact) mass is 264 g/mol. The van der Waals surface area contributed by atoms with Crippen molar-refractivity contribution in [3.05, 3.63) is 30.1 Å². The summed E-state index contributed by atoms with van der Waals surface area (Å²) in [6.07, 6.45) is 1.20. The Morgan fingerprint density at radius 3 is 2.74 bits per heavy atom. The quantitative estimate of drug-likeness (QED) is 0.878. The maximum atomic E-state index is 13.4. The van der Waals surface area contributed by atoms with Gasteiger partial charge in [-0.2, -0.15) is 0 Å². The van der Waals surface area contributed by atoms with Crippen molar-refractivity contribution in [1.29, 1.82) is 0 Å². The minimum absolute atomic E-state index is 0.154. The van der Waals surface area contributed by atoms with E-state index >= 15 is 0 Å². The van der Waals surface area contributed by atoms with Gasteiger partial charge in [0.1, 0.15) is 5.82 Å². The zero-order chi connectivity index (χ0) is 13.9. The van der Waals surface area contributed by atoms with Crippen LogP contribution in [0.5, 0.6) is 0 Å². The summed E-state index contributed by atoms with van der Waals surface area (Å²) >= 11 is 0. The summed E-state index contributed by atoms with van der Waals surface area (Å²) in [4.78, 5) is 2.30. The summed E-state index contributed by atoms with van der Waals surface area (Å²) in [5.41, 5.74) is 1.30. The van der Waals surface area contributed by atoms with Gasteiger partial charge in [0.25, 0.3) is 0 Å². The summed E-state index contributed by atoms with van der Waals surface area (Å²) < 4.78 is 13.4. The van der Waals surface area contributed by atoms with Crippen molar-refractivity contribution in [3.8, 4) is 0 Å². The molecular formula is C16H25FN2. The maximum Gasteiger partial charge on any atom is 0.125 e. The number of hydrogen-bond donors (Lipinski definition) is 1. The number of anilines is 1. The van der Waals surface area contributed by atoms with Crippen molar-refractivity contribution >= 4 is 5.69 Å². The molecule has 0 saturated carbocycles. The average Bonchev–Trinajstić information content (AvgIpc) is 2.86. The minimum Gasteiger partial charge on any atom is -0.371 e. The van der Waals surface area contributed by atoms with E-state index in [1.807, 2.05) is 6.07 Å². The van der Waals surface area contributed by atoms with E-state index in [0.717, 1.165) is 31.9 Å². The zero-order valence-electron chi connectivity index (χ0n) is 12.2. The summed E-state index contributed by atoms with van der Waals surface area (Å²) in [6, 6.07) is 6.94. The topological polar surface area (TPSA) is 15.3 Å². The minimum atomic E-state index is -0.154. The average molecular weight is 264 g/mol. The SMILES string of the molecule is CCN(CC1(C(C)C)CCNC1)c1cccc(F)c1. The molecule has 0 aromatic heterocycles. The van der Waals surface area contributed by atoms with Gasteiger partial charge in [0.2, 0.25) is 0 Å². The lowest BCUT2D eigenvalue weighted by Gasteiger charge is -2.38. The number of nitrogens with one attached hydrogen (secondary N) is 1. The molecule has 106 valence electrons. The number of nitrogens with zero attached hydrogens (tertiary/aromatic N) is 1. The number of rotatable bonds is 5. The molecule has 1 aliphatic rings. The van der Waals surface area contributed by atoms with E-state index in [9.17, 15) is 4.39 Å². The summed E-state index contributed by atoms with van der Waals surface area (Å²) in [6.45, 7) is 10.8. The smallest absolute Gasteiger partial charge is 0.125 e. The molecule has 1 heterocycles. The van der Waals surface area contributed by atoms with Crippen molar-refractivity contribution in [2.45, 2.75) is 27.2 Å². The predicted octanol–water partition coefficient (Wildman–Crippen LogP) is 3.29. The number of hydrogen-bond acceptors (Lipinski definition) is 2. The van der Waals surface area contributed by atoms with Crippen LogP contribution in [0.1, 0.15) is 27.2 Å². The van der Waals surface area contributed by atoms with E-state index in [4.69, 9.17) is 0 Å². The molecule has 1 aromatic carbocycles. The van der Waals surface area contributed by atoms with E-state index in [1.165, 1.54) is 12.5 Å². The highest BCUT2D eigenvalue weighted by atomic mass is 19.1. The van der Waals surface area contributed by atoms with Crippen molar-refractivity contribution in [2.75, 3.05) is 31.1 Å². The molecule has 3 heteroatoms. The molecule has 0 spiro atoms. The summed E-state index contributed by atoms with van der Waals surface area (Å²) in [5.74, 6) is 0.476. The Labute approximate surface area is 116 Å². The molecule has 19 heavy (non-hydrogen) atoms. The van der Waals surface area contributed by atoms with Gasteiger partial charge < -0.3 is 10.2 Å². The Morgan fingerprint density at radius 1 is 1.42 bits per heavy atom. The third kappa shape index (κ3) is 3.08. The fourth-order valence-electron chi connectivity index (χ4n) is 3.01. The molecule has 1 aromatic rings. The van der Waals surface area contributed by atoms with Crippen molar-refractivity contribution in [3.63, 3.8) is 0 Å². The lowest BCUT2D eigenvalue weighted by Crippen LogP contribution is -2.42. The van der Waals surface area contributed by atoms with Crippen LogP contribution in [-0.4, -0.2) is 26.2 Å². The summed E-state index contributed by atoms with van der Waals surface area (Å²) in [7, 11) is 0. The molecule has 0 bridgehead atoms. The Hall–Kier alpha value is -1.09. The third-order valence-corrected chi connectivity index (χ3v) is 4.56. The van der Waals surface area contributed by atoms with Crippen LogP contribution in [0.15, 0.2) is 24.3 Å². The molecule has 1 fully saturated rings. The fraction of sp³-hybridized carbons (Fsp3) is 0.625. The van der Waals surface area contributed by atoms with Crippen LogP contribution in [0.3, 0.4) is 0 Å². The molecule has 0 radical (unpaired) electrons. The van der Waals surface area contributed by atoms with Gasteiger partial charge >= 0.3 is 0 Å². The number of benzene rings is 1. The molecule has 2 nitrogen and oxygen atoms in total. The largest absolute Gasteiger partial charge is 0.371 e. The zero-order valence-corrected chi connectivity index (χ0v) is 12.2. The fourth-order valence-corrected chi connectivity index (χ4v) is 3.01. The van der Waals surface area contributed by atoms with Crippen molar-refractivity contribution in [1.82, 2.24) is 5.32 Å². The first-order valence-electron chi connectivity index (χ1n) is 7.28. The number of halogens is 1. The van der Waals surface area contributed by atoms with Crippen LogP contribution in [-0.2, 0) is 0 Å². The third-order valence-electron chi connectivity index (χ3n) is 4.56. The van der Waals surface area contributed by atoms with Gasteiger partial charge in [0, 0.05) is 30.7 Å². The molecule has 0 aliphatic carbocycles. The predicted molar refractivity (Wildman–Crippen MR) is 79.0 cm³/mol. The molecule has 1 aliphatic heterocycles. The first-order valence-corrected chi connectivity index (χ1v) is 7.28. The van der Waals surface area contributed by atoms with Crippen molar-refractivity contribution < 1.29 is 4.39 Å². The Kier molecular flexibility index (Phi) is 4.46. The highest BCUT2D eigenvalue weighted by Crippen LogP contribution is 2.36. The van der Waals surface area contributed by atoms with Crippen LogP contribution in [0.25, 0.3) is 0 Å². The van der Waals surface area contributed by atoms with Gasteiger partial charge in [-0.3, -0.25) is 0 Å². The lowest BCUT2D eigenvalue weighted by molar-refractivity contribution is 0.223. The van der Waals surface area contributed by atoms with Crippen LogP contribution >= 0.6 is 0 Å². The van der Waals surface area contributed by atoms with Crippen LogP contribution in [0.4, 0.5) is 10.1 Å². The van der Waals surface area contributed by atoms with Gasteiger partial charge in [-0.05, 0) is 44.0 Å². The second-order valence-corrected chi connectivity index (χ2v) is 5.94. The Balaban J connectivity index is 2.18. The lowest BCUT2D eigenvalue weighted by atomic mass is 9.76. The highest BCUT2D eigenvalue weighted by Gasteiger charge is 2.38. The van der Waals surface area contributed by atoms with Crippen LogP contribution in [0.2, 0.25) is 0 Å². The van der Waals surface area contributed by atoms with E-state index < -0.39 is 0 Å². The maximum absolute atomic E-state index is 13.4. The molecule has 1 N–H and O–H groups in total. The van der Waals surface area contributed by atoms with Crippen molar-refractivity contribution in [2.24, 2.45) is 11.3 Å². The second kappa shape index (κ2) is 5.91. The van der Waals surface area contributed by atoms with Gasteiger partial charge in [-0.15, -0.1) is 0 Å². The van der Waals surface area contributed by atoms with Gasteiger partial charge in [-0.1, -0.05) is 19.9 Å². The van der Waals surface area contributed by atoms with E-state index in [1.54, 1.807) is 12.1 Å². The van der Waals surface area contributed by atoms with Gasteiger partial charge in [0.15, 0.2) is 0 Å². The van der Waals surface area contributed by atoms with Crippen LogP contribution in [0, 0.1) is 17.2 Å². The second-order valence-electron chi connectivity index (χ2n) is 5.94. The van der Waals surface area contributed by atoms with E-state index in [0.29, 0.717) is 11.3 Å². The molecule has 2 rings (SSSR count). The van der Waals surface area contributed by atoms with Gasteiger partial charge in [0.05, 0.1) is 0 Å². The normalized spacial score (nSPS) is 23.0.